The number of aromatic amines is 1. The van der Waals surface area contributed by atoms with Gasteiger partial charge in [-0.05, 0) is 30.2 Å². The molecule has 6 nitrogen and oxygen atoms in total. The number of H-pyrrole nitrogens is 1. The highest BCUT2D eigenvalue weighted by atomic mass is 35.5. The summed E-state index contributed by atoms with van der Waals surface area (Å²) < 4.78 is 28.1. The summed E-state index contributed by atoms with van der Waals surface area (Å²) in [5, 5.41) is 7.53. The van der Waals surface area contributed by atoms with Crippen LogP contribution in [0.4, 0.5) is 0 Å². The maximum absolute atomic E-state index is 12.7. The van der Waals surface area contributed by atoms with Crippen LogP contribution in [0.5, 0.6) is 0 Å². The van der Waals surface area contributed by atoms with Gasteiger partial charge in [0.1, 0.15) is 11.9 Å². The fourth-order valence-electron chi connectivity index (χ4n) is 2.47. The highest BCUT2D eigenvalue weighted by Crippen LogP contribution is 2.25. The molecule has 1 atom stereocenters. The molecule has 1 heterocycles. The SMILES string of the molecule is Cc1nc(C(NS(=O)(=O)Cc2ccc(Cl)c(Cl)c2)c2ccccc2)n[nH]1. The Kier molecular flexibility index (Phi) is 5.62. The van der Waals surface area contributed by atoms with Crippen LogP contribution in [0.15, 0.2) is 48.5 Å². The minimum atomic E-state index is -3.70. The molecular weight excluding hydrogens is 395 g/mol. The third-order valence-electron chi connectivity index (χ3n) is 3.64. The molecule has 0 saturated heterocycles. The van der Waals surface area contributed by atoms with E-state index in [4.69, 9.17) is 23.2 Å². The normalized spacial score (nSPS) is 12.9. The summed E-state index contributed by atoms with van der Waals surface area (Å²) in [7, 11) is -3.70. The predicted octanol–water partition coefficient (Wildman–Crippen LogP) is 3.63. The molecule has 0 bridgehead atoms. The van der Waals surface area contributed by atoms with Crippen molar-refractivity contribution in [2.45, 2.75) is 18.7 Å². The Labute approximate surface area is 161 Å². The molecule has 0 fully saturated rings. The Morgan fingerprint density at radius 2 is 1.85 bits per heavy atom. The fourth-order valence-corrected chi connectivity index (χ4v) is 4.10. The van der Waals surface area contributed by atoms with Crippen molar-refractivity contribution in [3.8, 4) is 0 Å². The summed E-state index contributed by atoms with van der Waals surface area (Å²) in [6, 6.07) is 13.2. The molecule has 0 spiro atoms. The molecule has 3 rings (SSSR count). The second-order valence-corrected chi connectivity index (χ2v) is 8.32. The molecule has 136 valence electrons. The maximum Gasteiger partial charge on any atom is 0.216 e. The highest BCUT2D eigenvalue weighted by Gasteiger charge is 2.25. The van der Waals surface area contributed by atoms with E-state index in [-0.39, 0.29) is 5.75 Å². The lowest BCUT2D eigenvalue weighted by Crippen LogP contribution is -2.31. The van der Waals surface area contributed by atoms with Crippen molar-refractivity contribution in [2.24, 2.45) is 0 Å². The Bertz CT molecular complexity index is 1010. The molecule has 0 radical (unpaired) electrons. The van der Waals surface area contributed by atoms with E-state index in [1.165, 1.54) is 6.07 Å². The van der Waals surface area contributed by atoms with E-state index in [1.807, 2.05) is 30.3 Å². The van der Waals surface area contributed by atoms with Crippen molar-refractivity contribution in [3.05, 3.63) is 81.4 Å². The summed E-state index contributed by atoms with van der Waals surface area (Å²) in [6.45, 7) is 1.75. The summed E-state index contributed by atoms with van der Waals surface area (Å²) in [5.41, 5.74) is 1.27. The van der Waals surface area contributed by atoms with Gasteiger partial charge < -0.3 is 0 Å². The van der Waals surface area contributed by atoms with Crippen molar-refractivity contribution in [3.63, 3.8) is 0 Å². The zero-order valence-electron chi connectivity index (χ0n) is 13.8. The van der Waals surface area contributed by atoms with Gasteiger partial charge in [0, 0.05) is 0 Å². The zero-order valence-corrected chi connectivity index (χ0v) is 16.1. The second-order valence-electron chi connectivity index (χ2n) is 5.75. The first-order chi connectivity index (χ1) is 12.3. The van der Waals surface area contributed by atoms with Gasteiger partial charge in [-0.2, -0.15) is 9.82 Å². The Morgan fingerprint density at radius 3 is 2.46 bits per heavy atom. The van der Waals surface area contributed by atoms with Gasteiger partial charge in [0.25, 0.3) is 0 Å². The molecule has 0 amide bonds. The fraction of sp³-hybridized carbons (Fsp3) is 0.176. The zero-order chi connectivity index (χ0) is 18.7. The van der Waals surface area contributed by atoms with Crippen molar-refractivity contribution in [2.75, 3.05) is 0 Å². The van der Waals surface area contributed by atoms with E-state index in [9.17, 15) is 8.42 Å². The van der Waals surface area contributed by atoms with Gasteiger partial charge in [-0.3, -0.25) is 5.10 Å². The number of rotatable bonds is 6. The molecule has 2 aromatic carbocycles. The van der Waals surface area contributed by atoms with Crippen LogP contribution in [0.2, 0.25) is 10.0 Å². The number of nitrogens with one attached hydrogen (secondary N) is 2. The maximum atomic E-state index is 12.7. The molecule has 0 aliphatic rings. The number of hydrogen-bond acceptors (Lipinski definition) is 4. The molecule has 3 aromatic rings. The Hall–Kier alpha value is -1.93. The van der Waals surface area contributed by atoms with Gasteiger partial charge in [0.15, 0.2) is 5.82 Å². The quantitative estimate of drug-likeness (QED) is 0.649. The predicted molar refractivity (Wildman–Crippen MR) is 102 cm³/mol. The van der Waals surface area contributed by atoms with Crippen molar-refractivity contribution in [1.82, 2.24) is 19.9 Å². The summed E-state index contributed by atoms with van der Waals surface area (Å²) in [6.07, 6.45) is 0. The molecule has 0 aliphatic carbocycles. The standard InChI is InChI=1S/C17H16Cl2N4O2S/c1-11-20-17(22-21-11)16(13-5-3-2-4-6-13)23-26(24,25)10-12-7-8-14(18)15(19)9-12/h2-9,16,23H,10H2,1H3,(H,20,21,22). The van der Waals surface area contributed by atoms with Crippen LogP contribution in [0, 0.1) is 6.92 Å². The van der Waals surface area contributed by atoms with Crippen LogP contribution in [0.3, 0.4) is 0 Å². The molecule has 0 aliphatic heterocycles. The number of halogens is 2. The third-order valence-corrected chi connectivity index (χ3v) is 5.69. The first kappa shape index (κ1) is 18.8. The van der Waals surface area contributed by atoms with E-state index in [1.54, 1.807) is 19.1 Å². The van der Waals surface area contributed by atoms with E-state index in [0.29, 0.717) is 27.3 Å². The van der Waals surface area contributed by atoms with E-state index in [2.05, 4.69) is 19.9 Å². The van der Waals surface area contributed by atoms with Crippen LogP contribution in [0.1, 0.15) is 28.8 Å². The summed E-state index contributed by atoms with van der Waals surface area (Å²) in [4.78, 5) is 4.27. The minimum absolute atomic E-state index is 0.239. The Morgan fingerprint density at radius 1 is 1.12 bits per heavy atom. The van der Waals surface area contributed by atoms with Crippen molar-refractivity contribution in [1.29, 1.82) is 0 Å². The molecule has 1 unspecified atom stereocenters. The van der Waals surface area contributed by atoms with Crippen molar-refractivity contribution < 1.29 is 8.42 Å². The van der Waals surface area contributed by atoms with E-state index < -0.39 is 16.1 Å². The summed E-state index contributed by atoms with van der Waals surface area (Å²) in [5.74, 6) is 0.715. The van der Waals surface area contributed by atoms with Crippen LogP contribution in [-0.2, 0) is 15.8 Å². The van der Waals surface area contributed by atoms with Gasteiger partial charge in [-0.1, -0.05) is 59.6 Å². The highest BCUT2D eigenvalue weighted by molar-refractivity contribution is 7.88. The number of aromatic nitrogens is 3. The average Bonchev–Trinajstić information content (AvgIpc) is 3.03. The minimum Gasteiger partial charge on any atom is -0.263 e. The molecular formula is C17H16Cl2N4O2S. The number of nitrogens with zero attached hydrogens (tertiary/aromatic N) is 2. The van der Waals surface area contributed by atoms with E-state index >= 15 is 0 Å². The van der Waals surface area contributed by atoms with Gasteiger partial charge in [0.2, 0.25) is 10.0 Å². The average molecular weight is 411 g/mol. The number of hydrogen-bond donors (Lipinski definition) is 2. The molecule has 26 heavy (non-hydrogen) atoms. The Balaban J connectivity index is 1.89. The molecule has 1 aromatic heterocycles. The van der Waals surface area contributed by atoms with Gasteiger partial charge in [-0.25, -0.2) is 13.4 Å². The van der Waals surface area contributed by atoms with Gasteiger partial charge in [-0.15, -0.1) is 0 Å². The second kappa shape index (κ2) is 7.75. The van der Waals surface area contributed by atoms with Crippen LogP contribution in [0.25, 0.3) is 0 Å². The summed E-state index contributed by atoms with van der Waals surface area (Å²) >= 11 is 11.9. The first-order valence-corrected chi connectivity index (χ1v) is 10.1. The molecule has 0 saturated carbocycles. The first-order valence-electron chi connectivity index (χ1n) is 7.72. The smallest absolute Gasteiger partial charge is 0.216 e. The number of aryl methyl sites for hydroxylation is 1. The monoisotopic (exact) mass is 410 g/mol. The lowest BCUT2D eigenvalue weighted by molar-refractivity contribution is 0.566. The van der Waals surface area contributed by atoms with E-state index in [0.717, 1.165) is 5.56 Å². The lowest BCUT2D eigenvalue weighted by Gasteiger charge is -2.16. The molecule has 2 N–H and O–H groups in total. The number of sulfonamides is 1. The number of benzene rings is 2. The van der Waals surface area contributed by atoms with Crippen LogP contribution >= 0.6 is 23.2 Å². The van der Waals surface area contributed by atoms with Crippen LogP contribution < -0.4 is 4.72 Å². The lowest BCUT2D eigenvalue weighted by atomic mass is 10.1. The topological polar surface area (TPSA) is 87.7 Å². The third kappa shape index (κ3) is 4.62. The molecule has 9 heteroatoms. The van der Waals surface area contributed by atoms with Gasteiger partial charge in [0.05, 0.1) is 15.8 Å². The van der Waals surface area contributed by atoms with Crippen LogP contribution in [-0.4, -0.2) is 23.6 Å². The van der Waals surface area contributed by atoms with Crippen molar-refractivity contribution >= 4 is 33.2 Å². The largest absolute Gasteiger partial charge is 0.263 e. The van der Waals surface area contributed by atoms with Gasteiger partial charge >= 0.3 is 0 Å².